The first-order valence-corrected chi connectivity index (χ1v) is 9.58. The van der Waals surface area contributed by atoms with Gasteiger partial charge < -0.3 is 33.0 Å². The molecule has 9 nitrogen and oxygen atoms in total. The van der Waals surface area contributed by atoms with Crippen molar-refractivity contribution in [1.82, 2.24) is 9.55 Å². The smallest absolute Gasteiger partial charge is 0.203 e. The number of carbonyl (C=O) groups excluding carboxylic acids is 1. The number of imidazole rings is 1. The van der Waals surface area contributed by atoms with Gasteiger partial charge in [0.1, 0.15) is 5.69 Å². The number of ketones is 1. The Morgan fingerprint density at radius 3 is 2.19 bits per heavy atom. The van der Waals surface area contributed by atoms with Crippen LogP contribution in [0.15, 0.2) is 41.2 Å². The van der Waals surface area contributed by atoms with Crippen molar-refractivity contribution in [3.8, 4) is 40.2 Å². The van der Waals surface area contributed by atoms with Crippen LogP contribution < -0.4 is 18.9 Å². The van der Waals surface area contributed by atoms with Crippen LogP contribution in [0.25, 0.3) is 22.4 Å². The highest BCUT2D eigenvalue weighted by Crippen LogP contribution is 2.44. The van der Waals surface area contributed by atoms with Crippen molar-refractivity contribution in [2.45, 2.75) is 0 Å². The number of phenolic OH excluding ortho intramolecular Hbond substituents is 1. The fourth-order valence-corrected chi connectivity index (χ4v) is 3.63. The number of methoxy groups -OCH3 is 4. The second-order valence-corrected chi connectivity index (χ2v) is 6.93. The Bertz CT molecular complexity index is 1290. The van der Waals surface area contributed by atoms with Crippen LogP contribution in [0.1, 0.15) is 15.9 Å². The number of hydrogen-bond acceptors (Lipinski definition) is 8. The summed E-state index contributed by atoms with van der Waals surface area (Å²) in [5.74, 6) is 1.00. The van der Waals surface area contributed by atoms with Gasteiger partial charge in [-0.1, -0.05) is 0 Å². The Hall–Kier alpha value is -4.14. The average molecular weight is 438 g/mol. The van der Waals surface area contributed by atoms with Crippen LogP contribution in [0.3, 0.4) is 0 Å². The van der Waals surface area contributed by atoms with E-state index in [2.05, 4.69) is 4.98 Å². The van der Waals surface area contributed by atoms with E-state index in [0.29, 0.717) is 33.9 Å². The molecule has 0 atom stereocenters. The van der Waals surface area contributed by atoms with Crippen molar-refractivity contribution in [3.05, 3.63) is 47.9 Å². The standard InChI is InChI=1S/C23H22N2O7/c1-25-11-24-10-14(25)22-18(13-6-7-15(28-2)20(27)21(13)32-22)19(26)12-8-16(29-3)23(31-5)17(9-12)30-4/h6-11,27H,1-5H3. The molecule has 2 aromatic carbocycles. The lowest BCUT2D eigenvalue weighted by Gasteiger charge is -2.14. The number of rotatable bonds is 7. The summed E-state index contributed by atoms with van der Waals surface area (Å²) in [6.07, 6.45) is 3.18. The molecule has 32 heavy (non-hydrogen) atoms. The van der Waals surface area contributed by atoms with Crippen molar-refractivity contribution < 1.29 is 33.3 Å². The molecule has 2 aromatic heterocycles. The van der Waals surface area contributed by atoms with Gasteiger partial charge in [0.05, 0.1) is 46.5 Å². The second kappa shape index (κ2) is 8.18. The van der Waals surface area contributed by atoms with Crippen LogP contribution in [-0.4, -0.2) is 48.9 Å². The molecule has 0 unspecified atom stereocenters. The zero-order valence-corrected chi connectivity index (χ0v) is 18.3. The van der Waals surface area contributed by atoms with Crippen molar-refractivity contribution in [2.24, 2.45) is 7.05 Å². The van der Waals surface area contributed by atoms with Crippen molar-refractivity contribution >= 4 is 16.8 Å². The van der Waals surface area contributed by atoms with E-state index < -0.39 is 0 Å². The molecule has 0 amide bonds. The number of ether oxygens (including phenoxy) is 4. The first-order chi connectivity index (χ1) is 15.4. The summed E-state index contributed by atoms with van der Waals surface area (Å²) in [6, 6.07) is 6.38. The molecule has 0 spiro atoms. The van der Waals surface area contributed by atoms with Gasteiger partial charge in [0.2, 0.25) is 11.5 Å². The number of nitrogens with zero attached hydrogens (tertiary/aromatic N) is 2. The van der Waals surface area contributed by atoms with Crippen molar-refractivity contribution in [3.63, 3.8) is 0 Å². The topological polar surface area (TPSA) is 105 Å². The van der Waals surface area contributed by atoms with Crippen LogP contribution in [0.2, 0.25) is 0 Å². The van der Waals surface area contributed by atoms with Gasteiger partial charge in [-0.25, -0.2) is 4.98 Å². The summed E-state index contributed by atoms with van der Waals surface area (Å²) in [5.41, 5.74) is 1.25. The van der Waals surface area contributed by atoms with Gasteiger partial charge in [-0.15, -0.1) is 0 Å². The molecule has 0 saturated heterocycles. The highest BCUT2D eigenvalue weighted by atomic mass is 16.5. The van der Waals surface area contributed by atoms with Gasteiger partial charge in [0.25, 0.3) is 0 Å². The quantitative estimate of drug-likeness (QED) is 0.435. The monoisotopic (exact) mass is 438 g/mol. The summed E-state index contributed by atoms with van der Waals surface area (Å²) < 4.78 is 29.1. The number of aryl methyl sites for hydroxylation is 1. The largest absolute Gasteiger partial charge is 0.502 e. The first-order valence-electron chi connectivity index (χ1n) is 9.58. The number of aromatic hydroxyl groups is 1. The molecule has 0 bridgehead atoms. The number of phenols is 1. The first kappa shape index (κ1) is 21.1. The maximum absolute atomic E-state index is 13.8. The Morgan fingerprint density at radius 2 is 1.66 bits per heavy atom. The molecule has 0 aliphatic rings. The van der Waals surface area contributed by atoms with E-state index in [-0.39, 0.29) is 34.2 Å². The minimum atomic E-state index is -0.358. The predicted molar refractivity (Wildman–Crippen MR) is 116 cm³/mol. The number of carbonyl (C=O) groups is 1. The third-order valence-electron chi connectivity index (χ3n) is 5.22. The molecule has 0 radical (unpaired) electrons. The highest BCUT2D eigenvalue weighted by molar-refractivity contribution is 6.20. The third kappa shape index (κ3) is 3.18. The summed E-state index contributed by atoms with van der Waals surface area (Å²) in [7, 11) is 7.66. The zero-order chi connectivity index (χ0) is 23.0. The van der Waals surface area contributed by atoms with E-state index in [0.717, 1.165) is 0 Å². The average Bonchev–Trinajstić information content (AvgIpc) is 3.41. The van der Waals surface area contributed by atoms with Crippen LogP contribution in [0.4, 0.5) is 0 Å². The number of fused-ring (bicyclic) bond motifs is 1. The Balaban J connectivity index is 2.01. The molecule has 0 saturated carbocycles. The summed E-state index contributed by atoms with van der Waals surface area (Å²) in [6.45, 7) is 0. The summed E-state index contributed by atoms with van der Waals surface area (Å²) in [4.78, 5) is 17.9. The predicted octanol–water partition coefficient (Wildman–Crippen LogP) is 3.80. The Labute approximate surface area is 183 Å². The van der Waals surface area contributed by atoms with Gasteiger partial charge in [-0.05, 0) is 24.3 Å². The van der Waals surface area contributed by atoms with E-state index in [1.54, 1.807) is 48.4 Å². The lowest BCUT2D eigenvalue weighted by atomic mass is 9.98. The minimum absolute atomic E-state index is 0.136. The van der Waals surface area contributed by atoms with E-state index in [1.165, 1.54) is 28.4 Å². The summed E-state index contributed by atoms with van der Waals surface area (Å²) in [5, 5.41) is 11.1. The normalized spacial score (nSPS) is 10.9. The van der Waals surface area contributed by atoms with E-state index >= 15 is 0 Å². The lowest BCUT2D eigenvalue weighted by Crippen LogP contribution is -2.05. The fraction of sp³-hybridized carbons (Fsp3) is 0.217. The van der Waals surface area contributed by atoms with Crippen LogP contribution in [-0.2, 0) is 7.05 Å². The SMILES string of the molecule is COc1cc(C(=O)c2c(-c3cncn3C)oc3c(O)c(OC)ccc23)cc(OC)c1OC. The van der Waals surface area contributed by atoms with E-state index in [4.69, 9.17) is 23.4 Å². The molecule has 166 valence electrons. The number of furan rings is 1. The molecule has 1 N–H and O–H groups in total. The Morgan fingerprint density at radius 1 is 1.00 bits per heavy atom. The van der Waals surface area contributed by atoms with Crippen LogP contribution in [0, 0.1) is 0 Å². The van der Waals surface area contributed by atoms with Crippen molar-refractivity contribution in [2.75, 3.05) is 28.4 Å². The maximum atomic E-state index is 13.8. The van der Waals surface area contributed by atoms with Gasteiger partial charge in [-0.3, -0.25) is 4.79 Å². The van der Waals surface area contributed by atoms with E-state index in [9.17, 15) is 9.90 Å². The third-order valence-corrected chi connectivity index (χ3v) is 5.22. The van der Waals surface area contributed by atoms with E-state index in [1.807, 2.05) is 0 Å². The van der Waals surface area contributed by atoms with Gasteiger partial charge >= 0.3 is 0 Å². The van der Waals surface area contributed by atoms with Crippen LogP contribution in [0.5, 0.6) is 28.7 Å². The fourth-order valence-electron chi connectivity index (χ4n) is 3.63. The number of hydrogen-bond donors (Lipinski definition) is 1. The molecule has 0 fully saturated rings. The maximum Gasteiger partial charge on any atom is 0.203 e. The minimum Gasteiger partial charge on any atom is -0.502 e. The number of benzene rings is 2. The zero-order valence-electron chi connectivity index (χ0n) is 18.3. The molecular formula is C23H22N2O7. The summed E-state index contributed by atoms with van der Waals surface area (Å²) >= 11 is 0. The molecular weight excluding hydrogens is 416 g/mol. The molecule has 4 rings (SSSR count). The second-order valence-electron chi connectivity index (χ2n) is 6.93. The molecule has 2 heterocycles. The Kier molecular flexibility index (Phi) is 5.40. The molecule has 9 heteroatoms. The van der Waals surface area contributed by atoms with Crippen molar-refractivity contribution in [1.29, 1.82) is 0 Å². The molecule has 0 aliphatic heterocycles. The number of aromatic nitrogens is 2. The van der Waals surface area contributed by atoms with Crippen LogP contribution >= 0.6 is 0 Å². The van der Waals surface area contributed by atoms with Gasteiger partial charge in [0, 0.05) is 18.0 Å². The lowest BCUT2D eigenvalue weighted by molar-refractivity contribution is 0.103. The highest BCUT2D eigenvalue weighted by Gasteiger charge is 2.28. The molecule has 0 aliphatic carbocycles. The van der Waals surface area contributed by atoms with Gasteiger partial charge in [-0.2, -0.15) is 0 Å². The molecule has 4 aromatic rings. The van der Waals surface area contributed by atoms with Gasteiger partial charge in [0.15, 0.2) is 34.4 Å².